The third-order valence-corrected chi connectivity index (χ3v) is 5.60. The van der Waals surface area contributed by atoms with E-state index in [1.807, 2.05) is 0 Å². The average Bonchev–Trinajstić information content (AvgIpc) is 3.01. The minimum absolute atomic E-state index is 0.534. The smallest absolute Gasteiger partial charge is 0.149 e. The molecule has 2 heteroatoms. The molecule has 134 valence electrons. The second-order valence-corrected chi connectivity index (χ2v) is 7.43. The Bertz CT molecular complexity index is 322. The highest BCUT2D eigenvalue weighted by atomic mass is 16.2. The van der Waals surface area contributed by atoms with Crippen molar-refractivity contribution in [2.24, 2.45) is 11.8 Å². The third-order valence-electron chi connectivity index (χ3n) is 5.60. The van der Waals surface area contributed by atoms with E-state index in [9.17, 15) is 4.79 Å². The lowest BCUT2D eigenvalue weighted by Crippen LogP contribution is -2.08. The van der Waals surface area contributed by atoms with Gasteiger partial charge in [-0.3, -0.25) is 4.79 Å². The molecule has 0 aliphatic heterocycles. The molecule has 1 N–H and O–H groups in total. The van der Waals surface area contributed by atoms with Crippen LogP contribution in [-0.4, -0.2) is 11.4 Å². The van der Waals surface area contributed by atoms with Crippen molar-refractivity contribution in [3.05, 3.63) is 11.8 Å². The second kappa shape index (κ2) is 13.6. The van der Waals surface area contributed by atoms with Crippen LogP contribution >= 0.6 is 0 Å². The minimum atomic E-state index is 0.534. The summed E-state index contributed by atoms with van der Waals surface area (Å²) in [5.41, 5.74) is 0.534. The fourth-order valence-corrected chi connectivity index (χ4v) is 4.13. The van der Waals surface area contributed by atoms with Crippen molar-refractivity contribution in [2.45, 2.75) is 103 Å². The van der Waals surface area contributed by atoms with Crippen molar-refractivity contribution in [2.75, 3.05) is 0 Å². The zero-order valence-corrected chi connectivity index (χ0v) is 15.3. The molecule has 1 rings (SSSR count). The van der Waals surface area contributed by atoms with E-state index in [-0.39, 0.29) is 0 Å². The van der Waals surface area contributed by atoms with Gasteiger partial charge in [-0.05, 0) is 24.7 Å². The molecular formula is C21H38O2. The van der Waals surface area contributed by atoms with Crippen LogP contribution in [0, 0.1) is 11.8 Å². The summed E-state index contributed by atoms with van der Waals surface area (Å²) >= 11 is 0. The average molecular weight is 323 g/mol. The minimum Gasteiger partial charge on any atom is -0.515 e. The lowest BCUT2D eigenvalue weighted by Gasteiger charge is -2.19. The molecule has 0 radical (unpaired) electrons. The van der Waals surface area contributed by atoms with Crippen LogP contribution in [0.1, 0.15) is 103 Å². The molecule has 2 atom stereocenters. The van der Waals surface area contributed by atoms with Crippen LogP contribution in [0.5, 0.6) is 0 Å². The van der Waals surface area contributed by atoms with Crippen LogP contribution in [-0.2, 0) is 4.79 Å². The molecule has 0 spiro atoms. The lowest BCUT2D eigenvalue weighted by atomic mass is 9.86. The predicted molar refractivity (Wildman–Crippen MR) is 98.7 cm³/mol. The van der Waals surface area contributed by atoms with Crippen LogP contribution in [0.4, 0.5) is 0 Å². The maximum atomic E-state index is 10.6. The van der Waals surface area contributed by atoms with E-state index in [1.165, 1.54) is 83.5 Å². The first-order valence-corrected chi connectivity index (χ1v) is 10.1. The summed E-state index contributed by atoms with van der Waals surface area (Å²) in [4.78, 5) is 10.6. The molecule has 1 fully saturated rings. The Labute approximate surface area is 143 Å². The Morgan fingerprint density at radius 1 is 0.913 bits per heavy atom. The zero-order chi connectivity index (χ0) is 16.8. The predicted octanol–water partition coefficient (Wildman–Crippen LogP) is 6.74. The standard InChI is InChI=1S/C21H38O2/c1-2-3-4-5-6-9-13-20-15-11-16-21(20)14-10-7-8-12-19(17-22)18-23/h17-18,20-22H,2-16H2,1H3/t20-,21-/m0/s1. The van der Waals surface area contributed by atoms with E-state index in [0.717, 1.165) is 37.2 Å². The number of aliphatic hydroxyl groups is 1. The monoisotopic (exact) mass is 322 g/mol. The zero-order valence-electron chi connectivity index (χ0n) is 15.3. The normalized spacial score (nSPS) is 21.7. The van der Waals surface area contributed by atoms with Gasteiger partial charge in [0.25, 0.3) is 0 Å². The van der Waals surface area contributed by atoms with Gasteiger partial charge in [0.2, 0.25) is 0 Å². The summed E-state index contributed by atoms with van der Waals surface area (Å²) in [6.45, 7) is 2.28. The highest BCUT2D eigenvalue weighted by molar-refractivity contribution is 5.72. The molecule has 0 unspecified atom stereocenters. The van der Waals surface area contributed by atoms with Crippen molar-refractivity contribution in [3.8, 4) is 0 Å². The summed E-state index contributed by atoms with van der Waals surface area (Å²) < 4.78 is 0. The maximum Gasteiger partial charge on any atom is 0.149 e. The van der Waals surface area contributed by atoms with Gasteiger partial charge in [0.15, 0.2) is 0 Å². The summed E-state index contributed by atoms with van der Waals surface area (Å²) in [6.07, 6.45) is 21.6. The van der Waals surface area contributed by atoms with E-state index in [2.05, 4.69) is 6.92 Å². The van der Waals surface area contributed by atoms with E-state index in [4.69, 9.17) is 5.11 Å². The first kappa shape index (κ1) is 20.3. The first-order chi connectivity index (χ1) is 11.3. The Morgan fingerprint density at radius 2 is 1.48 bits per heavy atom. The largest absolute Gasteiger partial charge is 0.515 e. The quantitative estimate of drug-likeness (QED) is 0.166. The number of aldehydes is 1. The molecule has 23 heavy (non-hydrogen) atoms. The Kier molecular flexibility index (Phi) is 12.0. The number of hydrogen-bond acceptors (Lipinski definition) is 2. The first-order valence-electron chi connectivity index (χ1n) is 10.1. The fourth-order valence-electron chi connectivity index (χ4n) is 4.13. The highest BCUT2D eigenvalue weighted by Crippen LogP contribution is 2.38. The number of unbranched alkanes of at least 4 members (excludes halogenated alkanes) is 7. The maximum absolute atomic E-state index is 10.6. The molecular weight excluding hydrogens is 284 g/mol. The molecule has 2 nitrogen and oxygen atoms in total. The van der Waals surface area contributed by atoms with Crippen molar-refractivity contribution < 1.29 is 9.90 Å². The van der Waals surface area contributed by atoms with Gasteiger partial charge in [-0.2, -0.15) is 0 Å². The van der Waals surface area contributed by atoms with E-state index in [0.29, 0.717) is 5.57 Å². The van der Waals surface area contributed by atoms with Crippen LogP contribution in [0.25, 0.3) is 0 Å². The van der Waals surface area contributed by atoms with Crippen molar-refractivity contribution in [1.29, 1.82) is 0 Å². The van der Waals surface area contributed by atoms with Gasteiger partial charge in [0.05, 0.1) is 6.26 Å². The number of carbonyl (C=O) groups excluding carboxylic acids is 1. The number of allylic oxidation sites excluding steroid dienone is 1. The molecule has 1 aliphatic rings. The SMILES string of the molecule is CCCCCCCC[C@H]1CCC[C@@H]1CCCCCC(C=O)=CO. The van der Waals surface area contributed by atoms with Gasteiger partial charge in [-0.1, -0.05) is 90.4 Å². The van der Waals surface area contributed by atoms with Gasteiger partial charge in [0, 0.05) is 5.57 Å². The molecule has 0 amide bonds. The Morgan fingerprint density at radius 3 is 2.04 bits per heavy atom. The molecule has 1 aliphatic carbocycles. The van der Waals surface area contributed by atoms with Gasteiger partial charge in [-0.25, -0.2) is 0 Å². The molecule has 0 aromatic carbocycles. The Balaban J connectivity index is 2.05. The number of carbonyl (C=O) groups is 1. The van der Waals surface area contributed by atoms with Crippen LogP contribution in [0.2, 0.25) is 0 Å². The number of rotatable bonds is 14. The second-order valence-electron chi connectivity index (χ2n) is 7.43. The summed E-state index contributed by atoms with van der Waals surface area (Å²) in [5, 5.41) is 8.85. The summed E-state index contributed by atoms with van der Waals surface area (Å²) in [7, 11) is 0. The summed E-state index contributed by atoms with van der Waals surface area (Å²) in [6, 6.07) is 0. The number of aliphatic hydroxyl groups excluding tert-OH is 1. The molecule has 0 bridgehead atoms. The van der Waals surface area contributed by atoms with Crippen LogP contribution in [0.3, 0.4) is 0 Å². The van der Waals surface area contributed by atoms with Gasteiger partial charge >= 0.3 is 0 Å². The topological polar surface area (TPSA) is 37.3 Å². The van der Waals surface area contributed by atoms with Crippen molar-refractivity contribution in [1.82, 2.24) is 0 Å². The molecule has 0 aromatic rings. The molecule has 1 saturated carbocycles. The van der Waals surface area contributed by atoms with Crippen LogP contribution < -0.4 is 0 Å². The van der Waals surface area contributed by atoms with Crippen molar-refractivity contribution in [3.63, 3.8) is 0 Å². The lowest BCUT2D eigenvalue weighted by molar-refractivity contribution is -0.105. The van der Waals surface area contributed by atoms with Gasteiger partial charge in [-0.15, -0.1) is 0 Å². The van der Waals surface area contributed by atoms with E-state index in [1.54, 1.807) is 0 Å². The van der Waals surface area contributed by atoms with Crippen LogP contribution in [0.15, 0.2) is 11.8 Å². The highest BCUT2D eigenvalue weighted by Gasteiger charge is 2.25. The molecule has 0 saturated heterocycles. The van der Waals surface area contributed by atoms with Gasteiger partial charge in [0.1, 0.15) is 6.29 Å². The fraction of sp³-hybridized carbons (Fsp3) is 0.857. The third kappa shape index (κ3) is 9.17. The van der Waals surface area contributed by atoms with Crippen molar-refractivity contribution >= 4 is 6.29 Å². The molecule has 0 heterocycles. The van der Waals surface area contributed by atoms with E-state index >= 15 is 0 Å². The van der Waals surface area contributed by atoms with Gasteiger partial charge < -0.3 is 5.11 Å². The Hall–Kier alpha value is -0.790. The molecule has 0 aromatic heterocycles. The number of hydrogen-bond donors (Lipinski definition) is 1. The van der Waals surface area contributed by atoms with E-state index < -0.39 is 0 Å². The summed E-state index contributed by atoms with van der Waals surface area (Å²) in [5.74, 6) is 1.95.